The van der Waals surface area contributed by atoms with Gasteiger partial charge in [-0.05, 0) is 19.3 Å². The van der Waals surface area contributed by atoms with E-state index in [0.717, 1.165) is 12.8 Å². The van der Waals surface area contributed by atoms with Gasteiger partial charge in [-0.25, -0.2) is 4.79 Å². The molecule has 1 atom stereocenters. The van der Waals surface area contributed by atoms with Gasteiger partial charge in [-0.1, -0.05) is 5.06 Å². The van der Waals surface area contributed by atoms with Crippen molar-refractivity contribution in [1.82, 2.24) is 5.06 Å². The number of hydroxylamine groups is 2. The molecule has 1 unspecified atom stereocenters. The van der Waals surface area contributed by atoms with E-state index in [9.17, 15) is 14.4 Å². The van der Waals surface area contributed by atoms with E-state index >= 15 is 0 Å². The smallest absolute Gasteiger partial charge is 0.429 e. The Morgan fingerprint density at radius 1 is 1.11 bits per heavy atom. The fourth-order valence-electron chi connectivity index (χ4n) is 1.98. The standard InChI is InChI=1S/C13H15NO5/c15-11-8-9-12(16)14(11)19-13(17)18-10-6-4-2-1-3-5-7-10/h10H,2,4-9H2. The molecule has 2 rings (SSSR count). The molecule has 2 aliphatic rings. The van der Waals surface area contributed by atoms with E-state index < -0.39 is 18.0 Å². The molecule has 0 N–H and O–H groups in total. The molecular formula is C13H15NO5. The minimum Gasteiger partial charge on any atom is -0.429 e. The van der Waals surface area contributed by atoms with Crippen molar-refractivity contribution in [3.63, 3.8) is 0 Å². The lowest BCUT2D eigenvalue weighted by Gasteiger charge is -2.18. The predicted molar refractivity (Wildman–Crippen MR) is 63.3 cm³/mol. The molecule has 1 aliphatic carbocycles. The van der Waals surface area contributed by atoms with Gasteiger partial charge in [-0.15, -0.1) is 11.8 Å². The highest BCUT2D eigenvalue weighted by Gasteiger charge is 2.33. The molecule has 19 heavy (non-hydrogen) atoms. The van der Waals surface area contributed by atoms with Gasteiger partial charge in [0.05, 0.1) is 0 Å². The number of carbonyl (C=O) groups excluding carboxylic acids is 3. The third-order valence-corrected chi connectivity index (χ3v) is 2.98. The van der Waals surface area contributed by atoms with Crippen molar-refractivity contribution in [1.29, 1.82) is 0 Å². The summed E-state index contributed by atoms with van der Waals surface area (Å²) < 4.78 is 5.11. The summed E-state index contributed by atoms with van der Waals surface area (Å²) in [6.07, 6.45) is 2.55. The van der Waals surface area contributed by atoms with Crippen molar-refractivity contribution in [2.75, 3.05) is 0 Å². The first-order valence-electron chi connectivity index (χ1n) is 6.37. The Kier molecular flexibility index (Phi) is 4.39. The lowest BCUT2D eigenvalue weighted by molar-refractivity contribution is -0.178. The van der Waals surface area contributed by atoms with E-state index in [-0.39, 0.29) is 18.9 Å². The first-order valence-corrected chi connectivity index (χ1v) is 6.37. The predicted octanol–water partition coefficient (Wildman–Crippen LogP) is 1.54. The maximum absolute atomic E-state index is 11.5. The molecule has 0 bridgehead atoms. The second-order valence-corrected chi connectivity index (χ2v) is 4.45. The van der Waals surface area contributed by atoms with Crippen LogP contribution >= 0.6 is 0 Å². The quantitative estimate of drug-likeness (QED) is 0.430. The molecule has 1 saturated heterocycles. The Morgan fingerprint density at radius 3 is 2.53 bits per heavy atom. The van der Waals surface area contributed by atoms with Crippen LogP contribution in [0.15, 0.2) is 0 Å². The molecule has 1 fully saturated rings. The second kappa shape index (κ2) is 6.23. The molecule has 0 aromatic rings. The zero-order chi connectivity index (χ0) is 13.7. The Labute approximate surface area is 111 Å². The maximum Gasteiger partial charge on any atom is 0.534 e. The monoisotopic (exact) mass is 265 g/mol. The number of nitrogens with zero attached hydrogens (tertiary/aromatic N) is 1. The fourth-order valence-corrected chi connectivity index (χ4v) is 1.98. The van der Waals surface area contributed by atoms with Crippen molar-refractivity contribution in [2.24, 2.45) is 0 Å². The van der Waals surface area contributed by atoms with Crippen molar-refractivity contribution >= 4 is 18.0 Å². The van der Waals surface area contributed by atoms with Crippen LogP contribution in [-0.4, -0.2) is 29.1 Å². The average Bonchev–Trinajstić information content (AvgIpc) is 2.64. The van der Waals surface area contributed by atoms with E-state index in [1.54, 1.807) is 0 Å². The Hall–Kier alpha value is -2.03. The third-order valence-electron chi connectivity index (χ3n) is 2.98. The number of hydrogen-bond donors (Lipinski definition) is 0. The summed E-state index contributed by atoms with van der Waals surface area (Å²) in [6.45, 7) is 0. The zero-order valence-electron chi connectivity index (χ0n) is 10.5. The summed E-state index contributed by atoms with van der Waals surface area (Å²) in [7, 11) is 0. The molecule has 0 aromatic heterocycles. The van der Waals surface area contributed by atoms with Crippen LogP contribution in [0.2, 0.25) is 0 Å². The number of imide groups is 1. The van der Waals surface area contributed by atoms with Crippen LogP contribution in [0.3, 0.4) is 0 Å². The normalized spacial score (nSPS) is 23.2. The molecule has 0 saturated carbocycles. The molecule has 2 amide bonds. The molecule has 0 spiro atoms. The van der Waals surface area contributed by atoms with Crippen molar-refractivity contribution in [2.45, 2.75) is 51.0 Å². The highest BCUT2D eigenvalue weighted by molar-refractivity contribution is 6.01. The summed E-state index contributed by atoms with van der Waals surface area (Å²) in [6, 6.07) is 0. The van der Waals surface area contributed by atoms with Crippen molar-refractivity contribution in [3.8, 4) is 11.8 Å². The summed E-state index contributed by atoms with van der Waals surface area (Å²) in [5.74, 6) is 4.97. The van der Waals surface area contributed by atoms with E-state index in [1.165, 1.54) is 0 Å². The number of rotatable bonds is 2. The first kappa shape index (κ1) is 13.4. The molecule has 6 heteroatoms. The summed E-state index contributed by atoms with van der Waals surface area (Å²) in [5.41, 5.74) is 0. The van der Waals surface area contributed by atoms with Crippen LogP contribution in [0.1, 0.15) is 44.9 Å². The van der Waals surface area contributed by atoms with Gasteiger partial charge in [-0.2, -0.15) is 0 Å². The highest BCUT2D eigenvalue weighted by Crippen LogP contribution is 2.16. The van der Waals surface area contributed by atoms with E-state index in [4.69, 9.17) is 4.74 Å². The molecule has 102 valence electrons. The van der Waals surface area contributed by atoms with Gasteiger partial charge < -0.3 is 4.74 Å². The van der Waals surface area contributed by atoms with Gasteiger partial charge in [0.25, 0.3) is 11.8 Å². The van der Waals surface area contributed by atoms with Crippen molar-refractivity contribution < 1.29 is 24.0 Å². The molecule has 6 nitrogen and oxygen atoms in total. The minimum absolute atomic E-state index is 0.0745. The van der Waals surface area contributed by atoms with Crippen LogP contribution in [0.5, 0.6) is 0 Å². The lowest BCUT2D eigenvalue weighted by atomic mass is 10.0. The number of ether oxygens (including phenoxy) is 1. The molecular weight excluding hydrogens is 250 g/mol. The van der Waals surface area contributed by atoms with E-state index in [0.29, 0.717) is 24.3 Å². The van der Waals surface area contributed by atoms with Gasteiger partial charge in [0.2, 0.25) is 0 Å². The summed E-state index contributed by atoms with van der Waals surface area (Å²) in [4.78, 5) is 38.7. The Bertz CT molecular complexity index is 432. The Morgan fingerprint density at radius 2 is 1.79 bits per heavy atom. The SMILES string of the molecule is O=C(OC1CCC#CCCC1)ON1C(=O)CCC1=O. The highest BCUT2D eigenvalue weighted by atomic mass is 16.8. The van der Waals surface area contributed by atoms with Gasteiger partial charge >= 0.3 is 6.16 Å². The number of carbonyl (C=O) groups is 3. The van der Waals surface area contributed by atoms with Crippen molar-refractivity contribution in [3.05, 3.63) is 0 Å². The van der Waals surface area contributed by atoms with Crippen LogP contribution < -0.4 is 0 Å². The van der Waals surface area contributed by atoms with Gasteiger partial charge in [-0.3, -0.25) is 14.4 Å². The molecule has 1 heterocycles. The average molecular weight is 265 g/mol. The zero-order valence-corrected chi connectivity index (χ0v) is 10.5. The van der Waals surface area contributed by atoms with Crippen LogP contribution in [0.25, 0.3) is 0 Å². The Balaban J connectivity index is 1.82. The number of hydrogen-bond acceptors (Lipinski definition) is 5. The number of amides is 2. The minimum atomic E-state index is -0.998. The molecule has 1 aliphatic heterocycles. The summed E-state index contributed by atoms with van der Waals surface area (Å²) >= 11 is 0. The van der Waals surface area contributed by atoms with Crippen LogP contribution in [-0.2, 0) is 19.2 Å². The summed E-state index contributed by atoms with van der Waals surface area (Å²) in [5, 5.41) is 0.491. The van der Waals surface area contributed by atoms with Gasteiger partial charge in [0.1, 0.15) is 6.10 Å². The first-order chi connectivity index (χ1) is 9.16. The third kappa shape index (κ3) is 3.71. The molecule has 0 aromatic carbocycles. The van der Waals surface area contributed by atoms with E-state index in [2.05, 4.69) is 16.7 Å². The van der Waals surface area contributed by atoms with Gasteiger partial charge in [0, 0.05) is 25.7 Å². The lowest BCUT2D eigenvalue weighted by Crippen LogP contribution is -2.33. The largest absolute Gasteiger partial charge is 0.534 e. The second-order valence-electron chi connectivity index (χ2n) is 4.45. The topological polar surface area (TPSA) is 72.9 Å². The molecule has 0 radical (unpaired) electrons. The van der Waals surface area contributed by atoms with Crippen LogP contribution in [0.4, 0.5) is 4.79 Å². The van der Waals surface area contributed by atoms with Gasteiger partial charge in [0.15, 0.2) is 0 Å². The van der Waals surface area contributed by atoms with Crippen LogP contribution in [0, 0.1) is 11.8 Å². The fraction of sp³-hybridized carbons (Fsp3) is 0.615. The van der Waals surface area contributed by atoms with E-state index in [1.807, 2.05) is 0 Å². The maximum atomic E-state index is 11.5.